The molecule has 0 saturated heterocycles. The first kappa shape index (κ1) is 16.6. The highest BCUT2D eigenvalue weighted by Crippen LogP contribution is 2.23. The smallest absolute Gasteiger partial charge is 0.332 e. The molecule has 26 heavy (non-hydrogen) atoms. The van der Waals surface area contributed by atoms with Crippen LogP contribution in [0, 0.1) is 13.8 Å². The second-order valence-corrected chi connectivity index (χ2v) is 7.21. The van der Waals surface area contributed by atoms with E-state index in [9.17, 15) is 9.59 Å². The molecule has 4 rings (SSSR count). The molecule has 0 spiro atoms. The molecule has 0 amide bonds. The van der Waals surface area contributed by atoms with Gasteiger partial charge in [-0.05, 0) is 37.1 Å². The van der Waals surface area contributed by atoms with Gasteiger partial charge in [-0.3, -0.25) is 18.3 Å². The number of ether oxygens (including phenoxy) is 1. The van der Waals surface area contributed by atoms with E-state index in [0.29, 0.717) is 22.7 Å². The van der Waals surface area contributed by atoms with Crippen LogP contribution >= 0.6 is 11.3 Å². The second-order valence-electron chi connectivity index (χ2n) is 6.37. The van der Waals surface area contributed by atoms with Crippen LogP contribution in [-0.4, -0.2) is 18.5 Å². The Labute approximate surface area is 152 Å². The maximum Gasteiger partial charge on any atom is 0.332 e. The topological polar surface area (TPSA) is 70.5 Å². The average Bonchev–Trinajstić information content (AvgIpc) is 3.18. The summed E-state index contributed by atoms with van der Waals surface area (Å²) in [7, 11) is 3.09. The first-order valence-corrected chi connectivity index (χ1v) is 9.01. The quantitative estimate of drug-likeness (QED) is 0.554. The lowest BCUT2D eigenvalue weighted by molar-refractivity contribution is 0.300. The van der Waals surface area contributed by atoms with E-state index >= 15 is 0 Å². The molecule has 0 aliphatic carbocycles. The fourth-order valence-electron chi connectivity index (χ4n) is 2.95. The number of nitrogens with zero attached hydrogens (tertiary/aromatic N) is 4. The minimum Gasteiger partial charge on any atom is -0.487 e. The second kappa shape index (κ2) is 5.84. The molecular formula is C18H18N4O3S. The van der Waals surface area contributed by atoms with Gasteiger partial charge in [-0.25, -0.2) is 9.78 Å². The van der Waals surface area contributed by atoms with Crippen molar-refractivity contribution in [3.63, 3.8) is 0 Å². The lowest BCUT2D eigenvalue weighted by atomic mass is 10.1. The predicted molar refractivity (Wildman–Crippen MR) is 101 cm³/mol. The first-order chi connectivity index (χ1) is 12.4. The minimum atomic E-state index is -0.388. The van der Waals surface area contributed by atoms with Crippen molar-refractivity contribution in [2.75, 3.05) is 0 Å². The van der Waals surface area contributed by atoms with E-state index in [4.69, 9.17) is 4.74 Å². The zero-order valence-electron chi connectivity index (χ0n) is 14.9. The van der Waals surface area contributed by atoms with Crippen LogP contribution in [0.25, 0.3) is 16.1 Å². The highest BCUT2D eigenvalue weighted by molar-refractivity contribution is 7.15. The number of fused-ring (bicyclic) bond motifs is 3. The van der Waals surface area contributed by atoms with Crippen molar-refractivity contribution in [3.8, 4) is 5.75 Å². The van der Waals surface area contributed by atoms with Gasteiger partial charge in [0.2, 0.25) is 0 Å². The standard InChI is InChI=1S/C18H18N4O3S/c1-10-5-6-13(7-11(10)2)25-8-12-9-26-17-19-15-14(22(12)17)16(23)21(4)18(24)20(15)3/h5-7,9H,8H2,1-4H3. The molecule has 0 fully saturated rings. The Kier molecular flexibility index (Phi) is 3.73. The van der Waals surface area contributed by atoms with Crippen molar-refractivity contribution in [1.82, 2.24) is 18.5 Å². The van der Waals surface area contributed by atoms with Gasteiger partial charge in [-0.2, -0.15) is 0 Å². The summed E-state index contributed by atoms with van der Waals surface area (Å²) in [5.41, 5.74) is 3.22. The number of thiazole rings is 1. The van der Waals surface area contributed by atoms with Crippen molar-refractivity contribution in [3.05, 3.63) is 61.2 Å². The molecule has 0 unspecified atom stereocenters. The molecule has 3 heterocycles. The highest BCUT2D eigenvalue weighted by atomic mass is 32.1. The summed E-state index contributed by atoms with van der Waals surface area (Å²) in [5, 5.41) is 1.92. The van der Waals surface area contributed by atoms with Crippen LogP contribution in [0.1, 0.15) is 16.8 Å². The molecule has 0 bridgehead atoms. The zero-order valence-corrected chi connectivity index (χ0v) is 15.8. The average molecular weight is 370 g/mol. The number of hydrogen-bond donors (Lipinski definition) is 0. The molecule has 3 aromatic heterocycles. The van der Waals surface area contributed by atoms with Gasteiger partial charge in [0.25, 0.3) is 5.56 Å². The number of rotatable bonds is 3. The van der Waals surface area contributed by atoms with E-state index in [-0.39, 0.29) is 11.2 Å². The molecule has 0 aliphatic rings. The zero-order chi connectivity index (χ0) is 18.6. The van der Waals surface area contributed by atoms with E-state index < -0.39 is 0 Å². The fraction of sp³-hybridized carbons (Fsp3) is 0.278. The summed E-state index contributed by atoms with van der Waals surface area (Å²) in [6.45, 7) is 4.40. The van der Waals surface area contributed by atoms with E-state index in [1.165, 1.54) is 28.5 Å². The highest BCUT2D eigenvalue weighted by Gasteiger charge is 2.18. The SMILES string of the molecule is Cc1ccc(OCc2csc3nc4c(c(=O)n(C)c(=O)n4C)n23)cc1C. The maximum atomic E-state index is 12.6. The molecule has 134 valence electrons. The number of benzene rings is 1. The van der Waals surface area contributed by atoms with Gasteiger partial charge in [0.05, 0.1) is 5.69 Å². The van der Waals surface area contributed by atoms with Gasteiger partial charge in [0.15, 0.2) is 16.1 Å². The third-order valence-electron chi connectivity index (χ3n) is 4.68. The summed E-state index contributed by atoms with van der Waals surface area (Å²) in [6.07, 6.45) is 0. The Bertz CT molecular complexity index is 1280. The summed E-state index contributed by atoms with van der Waals surface area (Å²) in [4.78, 5) is 29.9. The Morgan fingerprint density at radius 2 is 1.88 bits per heavy atom. The lowest BCUT2D eigenvalue weighted by Gasteiger charge is -2.08. The molecule has 0 saturated carbocycles. The van der Waals surface area contributed by atoms with Crippen molar-refractivity contribution >= 4 is 27.5 Å². The van der Waals surface area contributed by atoms with Crippen molar-refractivity contribution in [2.24, 2.45) is 14.1 Å². The lowest BCUT2D eigenvalue weighted by Crippen LogP contribution is -2.37. The maximum absolute atomic E-state index is 12.6. The number of aromatic nitrogens is 4. The van der Waals surface area contributed by atoms with E-state index in [1.54, 1.807) is 11.4 Å². The first-order valence-electron chi connectivity index (χ1n) is 8.13. The van der Waals surface area contributed by atoms with Gasteiger partial charge in [0, 0.05) is 19.5 Å². The molecule has 4 aromatic rings. The van der Waals surface area contributed by atoms with E-state index in [1.807, 2.05) is 30.5 Å². The van der Waals surface area contributed by atoms with Crippen LogP contribution in [0.3, 0.4) is 0 Å². The van der Waals surface area contributed by atoms with E-state index in [2.05, 4.69) is 11.9 Å². The van der Waals surface area contributed by atoms with Gasteiger partial charge in [-0.1, -0.05) is 6.07 Å². The molecule has 7 nitrogen and oxygen atoms in total. The Morgan fingerprint density at radius 3 is 2.62 bits per heavy atom. The van der Waals surface area contributed by atoms with Gasteiger partial charge >= 0.3 is 5.69 Å². The third kappa shape index (κ3) is 2.37. The summed E-state index contributed by atoms with van der Waals surface area (Å²) in [6, 6.07) is 5.94. The van der Waals surface area contributed by atoms with Crippen molar-refractivity contribution in [2.45, 2.75) is 20.5 Å². The van der Waals surface area contributed by atoms with Crippen LogP contribution in [0.5, 0.6) is 5.75 Å². The van der Waals surface area contributed by atoms with Crippen LogP contribution in [0.15, 0.2) is 33.2 Å². The number of aryl methyl sites for hydroxylation is 3. The van der Waals surface area contributed by atoms with Crippen molar-refractivity contribution in [1.29, 1.82) is 0 Å². The normalized spacial score (nSPS) is 11.5. The largest absolute Gasteiger partial charge is 0.487 e. The monoisotopic (exact) mass is 370 g/mol. The molecule has 0 atom stereocenters. The molecule has 0 N–H and O–H groups in total. The van der Waals surface area contributed by atoms with Gasteiger partial charge < -0.3 is 4.74 Å². The third-order valence-corrected chi connectivity index (χ3v) is 5.55. The van der Waals surface area contributed by atoms with Crippen LogP contribution in [0.4, 0.5) is 0 Å². The Hall–Kier alpha value is -2.87. The van der Waals surface area contributed by atoms with Crippen molar-refractivity contribution < 1.29 is 4.74 Å². The minimum absolute atomic E-state index is 0.306. The molecular weight excluding hydrogens is 352 g/mol. The molecule has 1 aromatic carbocycles. The summed E-state index contributed by atoms with van der Waals surface area (Å²) in [5.74, 6) is 0.775. The number of imidazole rings is 1. The Morgan fingerprint density at radius 1 is 1.12 bits per heavy atom. The summed E-state index contributed by atoms with van der Waals surface area (Å²) < 4.78 is 10.2. The molecule has 0 radical (unpaired) electrons. The fourth-order valence-corrected chi connectivity index (χ4v) is 3.82. The predicted octanol–water partition coefficient (Wildman–Crippen LogP) is 2.14. The van der Waals surface area contributed by atoms with Gasteiger partial charge in [0.1, 0.15) is 12.4 Å². The molecule has 0 aliphatic heterocycles. The van der Waals surface area contributed by atoms with Crippen LogP contribution in [0.2, 0.25) is 0 Å². The molecule has 8 heteroatoms. The van der Waals surface area contributed by atoms with E-state index in [0.717, 1.165) is 21.6 Å². The van der Waals surface area contributed by atoms with Gasteiger partial charge in [-0.15, -0.1) is 11.3 Å². The summed E-state index contributed by atoms with van der Waals surface area (Å²) >= 11 is 1.42. The van der Waals surface area contributed by atoms with Crippen LogP contribution < -0.4 is 16.0 Å². The number of hydrogen-bond acceptors (Lipinski definition) is 5. The Balaban J connectivity index is 1.82. The van der Waals surface area contributed by atoms with Crippen LogP contribution in [-0.2, 0) is 20.7 Å².